The molecule has 4 nitrogen and oxygen atoms in total. The van der Waals surface area contributed by atoms with E-state index in [4.69, 9.17) is 25.8 Å². The number of benzene rings is 5. The molecule has 0 saturated carbocycles. The van der Waals surface area contributed by atoms with E-state index in [0.717, 1.165) is 18.9 Å². The molecule has 11 heteroatoms. The maximum absolute atomic E-state index is 14.8. The normalized spacial score (nSPS) is 17.4. The predicted octanol–water partition coefficient (Wildman–Crippen LogP) is 12.1. The summed E-state index contributed by atoms with van der Waals surface area (Å²) in [6, 6.07) is 18.8. The van der Waals surface area contributed by atoms with Gasteiger partial charge in [0.1, 0.15) is 11.5 Å². The fourth-order valence-corrected chi connectivity index (χ4v) is 8.02. The predicted molar refractivity (Wildman–Crippen MR) is 188 cm³/mol. The molecular formula is C41H33ClF6O4. The Labute approximate surface area is 301 Å². The highest BCUT2D eigenvalue weighted by Gasteiger charge is 2.50. The lowest BCUT2D eigenvalue weighted by atomic mass is 9.75. The molecule has 0 saturated heterocycles. The summed E-state index contributed by atoms with van der Waals surface area (Å²) in [5, 5.41) is 11.2. The van der Waals surface area contributed by atoms with Crippen LogP contribution in [0.15, 0.2) is 78.9 Å². The minimum atomic E-state index is -5.12. The van der Waals surface area contributed by atoms with Crippen LogP contribution in [-0.2, 0) is 23.4 Å². The number of methoxy groups -OCH3 is 1. The Bertz CT molecular complexity index is 2240. The van der Waals surface area contributed by atoms with Gasteiger partial charge in [-0.1, -0.05) is 87.3 Å². The highest BCUT2D eigenvalue weighted by atomic mass is 35.5. The number of ether oxygens (including phenoxy) is 3. The molecule has 5 aromatic carbocycles. The van der Waals surface area contributed by atoms with E-state index in [1.54, 1.807) is 26.0 Å². The highest BCUT2D eigenvalue weighted by Crippen LogP contribution is 2.62. The second kappa shape index (κ2) is 12.4. The van der Waals surface area contributed by atoms with E-state index in [2.05, 4.69) is 6.92 Å². The number of halogens is 7. The van der Waals surface area contributed by atoms with E-state index < -0.39 is 40.2 Å². The third-order valence-corrected chi connectivity index (χ3v) is 10.3. The molecule has 52 heavy (non-hydrogen) atoms. The van der Waals surface area contributed by atoms with Gasteiger partial charge in [0.25, 0.3) is 0 Å². The molecule has 1 atom stereocenters. The van der Waals surface area contributed by atoms with Crippen LogP contribution < -0.4 is 14.2 Å². The Hall–Kier alpha value is -4.83. The zero-order chi connectivity index (χ0) is 37.4. The number of unbranched alkanes of at least 4 members (excludes halogenated alkanes) is 1. The van der Waals surface area contributed by atoms with Gasteiger partial charge in [0.2, 0.25) is 0 Å². The van der Waals surface area contributed by atoms with Gasteiger partial charge in [-0.2, -0.15) is 26.3 Å². The van der Waals surface area contributed by atoms with Crippen molar-refractivity contribution in [2.45, 2.75) is 57.0 Å². The van der Waals surface area contributed by atoms with E-state index in [9.17, 15) is 31.4 Å². The molecule has 0 radical (unpaired) electrons. The van der Waals surface area contributed by atoms with Crippen LogP contribution in [0, 0.1) is 0 Å². The summed E-state index contributed by atoms with van der Waals surface area (Å²) in [4.78, 5) is 0. The summed E-state index contributed by atoms with van der Waals surface area (Å²) >= 11 is 6.99. The molecule has 1 aliphatic heterocycles. The largest absolute Gasteiger partial charge is 0.504 e. The van der Waals surface area contributed by atoms with Gasteiger partial charge in [0.05, 0.1) is 29.9 Å². The van der Waals surface area contributed by atoms with E-state index in [-0.39, 0.29) is 50.1 Å². The number of hydrogen-bond acceptors (Lipinski definition) is 4. The third kappa shape index (κ3) is 5.45. The van der Waals surface area contributed by atoms with E-state index in [1.165, 1.54) is 13.2 Å². The van der Waals surface area contributed by atoms with E-state index in [1.807, 2.05) is 54.6 Å². The smallest absolute Gasteiger partial charge is 0.416 e. The topological polar surface area (TPSA) is 47.9 Å². The fourth-order valence-electron chi connectivity index (χ4n) is 7.66. The van der Waals surface area contributed by atoms with Crippen molar-refractivity contribution in [3.05, 3.63) is 123 Å². The zero-order valence-corrected chi connectivity index (χ0v) is 29.3. The number of alkyl halides is 6. The van der Waals surface area contributed by atoms with Crippen LogP contribution in [0.25, 0.3) is 28.0 Å². The van der Waals surface area contributed by atoms with Crippen molar-refractivity contribution in [3.8, 4) is 34.1 Å². The maximum Gasteiger partial charge on any atom is 0.416 e. The molecule has 270 valence electrons. The van der Waals surface area contributed by atoms with Crippen LogP contribution in [-0.4, -0.2) is 18.8 Å². The fraction of sp³-hybridized carbons (Fsp3) is 0.268. The minimum absolute atomic E-state index is 0.0826. The van der Waals surface area contributed by atoms with Crippen molar-refractivity contribution in [2.75, 3.05) is 13.7 Å². The highest BCUT2D eigenvalue weighted by molar-refractivity contribution is 6.39. The summed E-state index contributed by atoms with van der Waals surface area (Å²) in [5.74, 6) is 0.240. The van der Waals surface area contributed by atoms with Crippen molar-refractivity contribution >= 4 is 28.4 Å². The Morgan fingerprint density at radius 1 is 0.865 bits per heavy atom. The first kappa shape index (κ1) is 35.6. The molecule has 0 bridgehead atoms. The van der Waals surface area contributed by atoms with Gasteiger partial charge in [0, 0.05) is 27.5 Å². The second-order valence-electron chi connectivity index (χ2n) is 13.5. The molecule has 1 aliphatic carbocycles. The molecule has 1 N–H and O–H groups in total. The van der Waals surface area contributed by atoms with Crippen molar-refractivity contribution in [1.82, 2.24) is 0 Å². The monoisotopic (exact) mass is 738 g/mol. The van der Waals surface area contributed by atoms with Crippen molar-refractivity contribution < 1.29 is 45.7 Å². The second-order valence-corrected chi connectivity index (χ2v) is 13.9. The summed E-state index contributed by atoms with van der Waals surface area (Å²) in [6.45, 7) is 5.70. The van der Waals surface area contributed by atoms with Crippen molar-refractivity contribution in [1.29, 1.82) is 0 Å². The Kier molecular flexibility index (Phi) is 8.48. The van der Waals surface area contributed by atoms with Gasteiger partial charge in [-0.25, -0.2) is 0 Å². The number of aromatic hydroxyl groups is 1. The zero-order valence-electron chi connectivity index (χ0n) is 28.5. The molecule has 1 unspecified atom stereocenters. The molecule has 0 spiro atoms. The Balaban J connectivity index is 1.57. The van der Waals surface area contributed by atoms with Crippen molar-refractivity contribution in [2.24, 2.45) is 0 Å². The summed E-state index contributed by atoms with van der Waals surface area (Å²) in [7, 11) is 1.29. The van der Waals surface area contributed by atoms with Crippen LogP contribution in [0.2, 0.25) is 5.02 Å². The molecule has 0 fully saturated rings. The lowest BCUT2D eigenvalue weighted by molar-refractivity contribution is -0.143. The average molecular weight is 739 g/mol. The first-order valence-electron chi connectivity index (χ1n) is 16.6. The third-order valence-electron chi connectivity index (χ3n) is 9.96. The van der Waals surface area contributed by atoms with Crippen LogP contribution in [0.4, 0.5) is 26.3 Å². The molecule has 0 aromatic heterocycles. The SMILES string of the molecule is CCCCOc1ccc(C2(c3ccccc3)C=Cc3c4c(c5cc(O)c(OC)c(Cl)c5c3O2)-c2cc(C(F)(F)F)cc(C(F)(F)F)c2C4(C)C)cc1. The molecule has 7 rings (SSSR count). The molecule has 2 aliphatic rings. The average Bonchev–Trinajstić information content (AvgIpc) is 3.34. The maximum atomic E-state index is 14.8. The number of fused-ring (bicyclic) bond motifs is 8. The van der Waals surface area contributed by atoms with Gasteiger partial charge >= 0.3 is 12.4 Å². The van der Waals surface area contributed by atoms with Gasteiger partial charge in [0.15, 0.2) is 17.1 Å². The first-order chi connectivity index (χ1) is 24.5. The van der Waals surface area contributed by atoms with Crippen LogP contribution in [0.1, 0.15) is 72.6 Å². The molecular weight excluding hydrogens is 706 g/mol. The Morgan fingerprint density at radius 3 is 2.15 bits per heavy atom. The summed E-state index contributed by atoms with van der Waals surface area (Å²) < 4.78 is 105. The Morgan fingerprint density at radius 2 is 1.54 bits per heavy atom. The van der Waals surface area contributed by atoms with Crippen LogP contribution in [0.3, 0.4) is 0 Å². The first-order valence-corrected chi connectivity index (χ1v) is 17.0. The minimum Gasteiger partial charge on any atom is -0.504 e. The lowest BCUT2D eigenvalue weighted by Crippen LogP contribution is -2.35. The molecule has 5 aromatic rings. The number of hydrogen-bond donors (Lipinski definition) is 1. The molecule has 0 amide bonds. The van der Waals surface area contributed by atoms with E-state index in [0.29, 0.717) is 34.6 Å². The van der Waals surface area contributed by atoms with Crippen LogP contribution in [0.5, 0.6) is 23.0 Å². The number of phenolic OH excluding ortho intramolecular Hbond substituents is 1. The summed E-state index contributed by atoms with van der Waals surface area (Å²) in [5.41, 5.74) is -4.10. The number of phenols is 1. The van der Waals surface area contributed by atoms with Gasteiger partial charge in [-0.15, -0.1) is 0 Å². The van der Waals surface area contributed by atoms with E-state index >= 15 is 0 Å². The quantitative estimate of drug-likeness (QED) is 0.133. The standard InChI is InChI=1S/C41H33ClF6O4/c1-5-6-18-51-25-14-12-23(13-15-25)39(22-10-8-7-9-11-22)17-16-26-34-31(27-21-30(49)37(50-4)35(42)32(27)36(26)52-39)28-19-24(40(43,44)45)20-29(41(46,47)48)33(28)38(34,2)3/h7-17,19-21,49H,5-6,18H2,1-4H3. The van der Waals surface area contributed by atoms with Crippen molar-refractivity contribution in [3.63, 3.8) is 0 Å². The van der Waals surface area contributed by atoms with Gasteiger partial charge < -0.3 is 19.3 Å². The van der Waals surface area contributed by atoms with Gasteiger partial charge in [-0.3, -0.25) is 0 Å². The lowest BCUT2D eigenvalue weighted by Gasteiger charge is -2.38. The summed E-state index contributed by atoms with van der Waals surface area (Å²) in [6.07, 6.45) is -4.82. The molecule has 1 heterocycles. The van der Waals surface area contributed by atoms with Gasteiger partial charge in [-0.05, 0) is 70.5 Å². The van der Waals surface area contributed by atoms with Crippen LogP contribution >= 0.6 is 11.6 Å². The number of rotatable bonds is 7.